The lowest BCUT2D eigenvalue weighted by Gasteiger charge is -2.05. The van der Waals surface area contributed by atoms with Crippen LogP contribution in [0.1, 0.15) is 12.0 Å². The Kier molecular flexibility index (Phi) is 5.87. The standard InChI is InChI=1S/C11H14BrNO2S/c1-15-11(14)4-5-16-10-3-2-8(7-13)6-9(10)12/h2-3,6H,4-5,7,13H2,1H3. The maximum atomic E-state index is 10.9. The van der Waals surface area contributed by atoms with Crippen molar-refractivity contribution in [2.75, 3.05) is 12.9 Å². The zero-order valence-corrected chi connectivity index (χ0v) is 11.4. The first-order valence-electron chi connectivity index (χ1n) is 4.85. The van der Waals surface area contributed by atoms with E-state index in [0.717, 1.165) is 14.9 Å². The number of hydrogen-bond acceptors (Lipinski definition) is 4. The summed E-state index contributed by atoms with van der Waals surface area (Å²) in [6, 6.07) is 6.00. The summed E-state index contributed by atoms with van der Waals surface area (Å²) in [5.74, 6) is 0.537. The van der Waals surface area contributed by atoms with Gasteiger partial charge in [0.05, 0.1) is 13.5 Å². The zero-order chi connectivity index (χ0) is 12.0. The van der Waals surface area contributed by atoms with Crippen LogP contribution >= 0.6 is 27.7 Å². The van der Waals surface area contributed by atoms with Crippen molar-refractivity contribution in [2.45, 2.75) is 17.9 Å². The number of hydrogen-bond donors (Lipinski definition) is 1. The summed E-state index contributed by atoms with van der Waals surface area (Å²) in [4.78, 5) is 12.0. The molecule has 0 bridgehead atoms. The Morgan fingerprint density at radius 3 is 2.88 bits per heavy atom. The molecule has 3 nitrogen and oxygen atoms in total. The van der Waals surface area contributed by atoms with Gasteiger partial charge in [-0.25, -0.2) is 0 Å². The highest BCUT2D eigenvalue weighted by atomic mass is 79.9. The van der Waals surface area contributed by atoms with E-state index in [1.807, 2.05) is 18.2 Å². The fraction of sp³-hybridized carbons (Fsp3) is 0.364. The van der Waals surface area contributed by atoms with E-state index in [1.165, 1.54) is 7.11 Å². The Bertz CT molecular complexity index is 371. The molecule has 1 rings (SSSR count). The molecule has 16 heavy (non-hydrogen) atoms. The second-order valence-corrected chi connectivity index (χ2v) is 5.13. The Hall–Kier alpha value is -0.520. The molecule has 0 aliphatic heterocycles. The van der Waals surface area contributed by atoms with Gasteiger partial charge in [-0.1, -0.05) is 6.07 Å². The largest absolute Gasteiger partial charge is 0.469 e. The van der Waals surface area contributed by atoms with Crippen LogP contribution in [-0.4, -0.2) is 18.8 Å². The molecule has 5 heteroatoms. The van der Waals surface area contributed by atoms with E-state index in [2.05, 4.69) is 20.7 Å². The summed E-state index contributed by atoms with van der Waals surface area (Å²) < 4.78 is 5.59. The van der Waals surface area contributed by atoms with E-state index in [0.29, 0.717) is 18.7 Å². The molecule has 1 aromatic carbocycles. The van der Waals surface area contributed by atoms with Gasteiger partial charge in [-0.05, 0) is 33.6 Å². The minimum absolute atomic E-state index is 0.179. The Morgan fingerprint density at radius 2 is 2.31 bits per heavy atom. The maximum absolute atomic E-state index is 10.9. The molecule has 1 aromatic rings. The molecule has 0 amide bonds. The predicted octanol–water partition coefficient (Wildman–Crippen LogP) is 2.56. The van der Waals surface area contributed by atoms with Crippen LogP contribution in [-0.2, 0) is 16.1 Å². The van der Waals surface area contributed by atoms with Gasteiger partial charge in [-0.3, -0.25) is 4.79 Å². The topological polar surface area (TPSA) is 52.3 Å². The van der Waals surface area contributed by atoms with Crippen LogP contribution in [0.5, 0.6) is 0 Å². The van der Waals surface area contributed by atoms with Crippen LogP contribution < -0.4 is 5.73 Å². The number of carbonyl (C=O) groups excluding carboxylic acids is 1. The number of ether oxygens (including phenoxy) is 1. The van der Waals surface area contributed by atoms with Crippen LogP contribution in [0.4, 0.5) is 0 Å². The zero-order valence-electron chi connectivity index (χ0n) is 9.03. The predicted molar refractivity (Wildman–Crippen MR) is 69.4 cm³/mol. The third-order valence-corrected chi connectivity index (χ3v) is 4.02. The lowest BCUT2D eigenvalue weighted by atomic mass is 10.2. The molecular formula is C11H14BrNO2S. The molecule has 0 saturated carbocycles. The first kappa shape index (κ1) is 13.5. The molecule has 0 aromatic heterocycles. The summed E-state index contributed by atoms with van der Waals surface area (Å²) in [6.45, 7) is 0.533. The molecule has 0 aliphatic carbocycles. The molecule has 2 N–H and O–H groups in total. The third-order valence-electron chi connectivity index (χ3n) is 2.02. The molecule has 0 unspecified atom stereocenters. The number of rotatable bonds is 5. The van der Waals surface area contributed by atoms with Gasteiger partial charge < -0.3 is 10.5 Å². The minimum Gasteiger partial charge on any atom is -0.469 e. The maximum Gasteiger partial charge on any atom is 0.306 e. The van der Waals surface area contributed by atoms with Crippen molar-refractivity contribution in [1.29, 1.82) is 0 Å². The smallest absolute Gasteiger partial charge is 0.306 e. The molecular weight excluding hydrogens is 290 g/mol. The quantitative estimate of drug-likeness (QED) is 0.671. The van der Waals surface area contributed by atoms with Crippen molar-refractivity contribution in [3.05, 3.63) is 28.2 Å². The fourth-order valence-corrected chi connectivity index (χ4v) is 2.75. The first-order chi connectivity index (χ1) is 7.67. The van der Waals surface area contributed by atoms with Crippen molar-refractivity contribution in [3.8, 4) is 0 Å². The van der Waals surface area contributed by atoms with Gasteiger partial charge in [-0.2, -0.15) is 0 Å². The van der Waals surface area contributed by atoms with E-state index in [4.69, 9.17) is 5.73 Å². The molecule has 0 heterocycles. The molecule has 0 aliphatic rings. The average molecular weight is 304 g/mol. The summed E-state index contributed by atoms with van der Waals surface area (Å²) in [6.07, 6.45) is 0.423. The summed E-state index contributed by atoms with van der Waals surface area (Å²) >= 11 is 5.10. The molecule has 0 atom stereocenters. The van der Waals surface area contributed by atoms with Crippen LogP contribution in [0.25, 0.3) is 0 Å². The van der Waals surface area contributed by atoms with Crippen LogP contribution in [0.2, 0.25) is 0 Å². The summed E-state index contributed by atoms with van der Waals surface area (Å²) in [5, 5.41) is 0. The number of methoxy groups -OCH3 is 1. The molecule has 0 saturated heterocycles. The monoisotopic (exact) mass is 303 g/mol. The summed E-state index contributed by atoms with van der Waals surface area (Å²) in [7, 11) is 1.40. The summed E-state index contributed by atoms with van der Waals surface area (Å²) in [5.41, 5.74) is 6.63. The number of halogens is 1. The molecule has 0 spiro atoms. The number of benzene rings is 1. The number of esters is 1. The molecule has 88 valence electrons. The van der Waals surface area contributed by atoms with Crippen molar-refractivity contribution in [3.63, 3.8) is 0 Å². The van der Waals surface area contributed by atoms with Crippen molar-refractivity contribution < 1.29 is 9.53 Å². The van der Waals surface area contributed by atoms with E-state index < -0.39 is 0 Å². The number of carbonyl (C=O) groups is 1. The van der Waals surface area contributed by atoms with Crippen molar-refractivity contribution in [1.82, 2.24) is 0 Å². The molecule has 0 radical (unpaired) electrons. The fourth-order valence-electron chi connectivity index (χ4n) is 1.13. The van der Waals surface area contributed by atoms with Crippen LogP contribution in [0, 0.1) is 0 Å². The third kappa shape index (κ3) is 4.15. The van der Waals surface area contributed by atoms with Gasteiger partial charge in [0.25, 0.3) is 0 Å². The highest BCUT2D eigenvalue weighted by Crippen LogP contribution is 2.28. The van der Waals surface area contributed by atoms with Gasteiger partial charge in [0.15, 0.2) is 0 Å². The van der Waals surface area contributed by atoms with Crippen LogP contribution in [0.15, 0.2) is 27.6 Å². The van der Waals surface area contributed by atoms with Gasteiger partial charge in [-0.15, -0.1) is 11.8 Å². The Morgan fingerprint density at radius 1 is 1.56 bits per heavy atom. The van der Waals surface area contributed by atoms with Gasteiger partial charge in [0.2, 0.25) is 0 Å². The Labute approximate surface area is 108 Å². The highest BCUT2D eigenvalue weighted by molar-refractivity contribution is 9.10. The second-order valence-electron chi connectivity index (χ2n) is 3.14. The van der Waals surface area contributed by atoms with Gasteiger partial charge >= 0.3 is 5.97 Å². The van der Waals surface area contributed by atoms with Crippen molar-refractivity contribution >= 4 is 33.7 Å². The van der Waals surface area contributed by atoms with E-state index >= 15 is 0 Å². The van der Waals surface area contributed by atoms with E-state index in [-0.39, 0.29) is 5.97 Å². The van der Waals surface area contributed by atoms with E-state index in [1.54, 1.807) is 11.8 Å². The van der Waals surface area contributed by atoms with Crippen molar-refractivity contribution in [2.24, 2.45) is 5.73 Å². The normalized spacial score (nSPS) is 10.2. The highest BCUT2D eigenvalue weighted by Gasteiger charge is 2.04. The van der Waals surface area contributed by atoms with Crippen LogP contribution in [0.3, 0.4) is 0 Å². The minimum atomic E-state index is -0.179. The SMILES string of the molecule is COC(=O)CCSc1ccc(CN)cc1Br. The van der Waals surface area contributed by atoms with Gasteiger partial charge in [0.1, 0.15) is 0 Å². The molecule has 0 fully saturated rings. The number of nitrogens with two attached hydrogens (primary N) is 1. The second kappa shape index (κ2) is 6.93. The lowest BCUT2D eigenvalue weighted by molar-refractivity contribution is -0.140. The van der Waals surface area contributed by atoms with E-state index in [9.17, 15) is 4.79 Å². The lowest BCUT2D eigenvalue weighted by Crippen LogP contribution is -2.01. The first-order valence-corrected chi connectivity index (χ1v) is 6.63. The Balaban J connectivity index is 2.51. The average Bonchev–Trinajstić information content (AvgIpc) is 2.30. The van der Waals surface area contributed by atoms with Gasteiger partial charge in [0, 0.05) is 21.7 Å². The number of thioether (sulfide) groups is 1.